The summed E-state index contributed by atoms with van der Waals surface area (Å²) in [5.41, 5.74) is 0. The van der Waals surface area contributed by atoms with E-state index in [9.17, 15) is 4.79 Å². The molecule has 0 aromatic heterocycles. The third-order valence-electron chi connectivity index (χ3n) is 3.07. The third-order valence-corrected chi connectivity index (χ3v) is 3.60. The number of carbonyl (C=O) groups excluding carboxylic acids is 1. The van der Waals surface area contributed by atoms with Crippen molar-refractivity contribution >= 4 is 29.1 Å². The molecule has 1 aromatic rings. The molecule has 1 aliphatic rings. The van der Waals surface area contributed by atoms with E-state index in [0.29, 0.717) is 22.3 Å². The van der Waals surface area contributed by atoms with Gasteiger partial charge in [-0.05, 0) is 37.5 Å². The van der Waals surface area contributed by atoms with Crippen molar-refractivity contribution in [2.24, 2.45) is 0 Å². The lowest BCUT2D eigenvalue weighted by molar-refractivity contribution is -0.123. The summed E-state index contributed by atoms with van der Waals surface area (Å²) in [5, 5.41) is 3.72. The van der Waals surface area contributed by atoms with Crippen molar-refractivity contribution < 1.29 is 14.3 Å². The van der Waals surface area contributed by atoms with Crippen LogP contribution in [0.4, 0.5) is 0 Å². The Morgan fingerprint density at radius 1 is 1.45 bits per heavy atom. The molecule has 1 saturated heterocycles. The molecule has 0 bridgehead atoms. The van der Waals surface area contributed by atoms with Crippen molar-refractivity contribution in [3.05, 3.63) is 28.2 Å². The van der Waals surface area contributed by atoms with Crippen LogP contribution in [0.25, 0.3) is 0 Å². The summed E-state index contributed by atoms with van der Waals surface area (Å²) < 4.78 is 10.8. The molecular weight excluding hydrogens is 301 g/mol. The van der Waals surface area contributed by atoms with Gasteiger partial charge in [-0.1, -0.05) is 23.2 Å². The van der Waals surface area contributed by atoms with Crippen molar-refractivity contribution in [2.75, 3.05) is 19.8 Å². The molecule has 1 aliphatic heterocycles. The second-order valence-corrected chi connectivity index (χ2v) is 5.48. The van der Waals surface area contributed by atoms with E-state index in [1.807, 2.05) is 0 Å². The molecule has 20 heavy (non-hydrogen) atoms. The van der Waals surface area contributed by atoms with Gasteiger partial charge in [0.25, 0.3) is 5.91 Å². The average molecular weight is 318 g/mol. The first kappa shape index (κ1) is 15.4. The predicted octanol–water partition coefficient (Wildman–Crippen LogP) is 3.06. The Morgan fingerprint density at radius 2 is 2.30 bits per heavy atom. The minimum Gasteiger partial charge on any atom is -0.482 e. The van der Waals surface area contributed by atoms with Crippen LogP contribution < -0.4 is 10.1 Å². The van der Waals surface area contributed by atoms with Crippen LogP contribution in [0.5, 0.6) is 5.75 Å². The molecule has 1 N–H and O–H groups in total. The van der Waals surface area contributed by atoms with E-state index in [1.54, 1.807) is 18.2 Å². The van der Waals surface area contributed by atoms with E-state index in [2.05, 4.69) is 5.32 Å². The Labute approximate surface area is 128 Å². The summed E-state index contributed by atoms with van der Waals surface area (Å²) in [4.78, 5) is 11.6. The van der Waals surface area contributed by atoms with Gasteiger partial charge in [0.1, 0.15) is 5.75 Å². The number of carbonyl (C=O) groups is 1. The Kier molecular flexibility index (Phi) is 5.95. The highest BCUT2D eigenvalue weighted by molar-refractivity contribution is 6.35. The maximum Gasteiger partial charge on any atom is 0.257 e. The van der Waals surface area contributed by atoms with Crippen LogP contribution in [0, 0.1) is 0 Å². The lowest BCUT2D eigenvalue weighted by atomic mass is 10.2. The van der Waals surface area contributed by atoms with Crippen molar-refractivity contribution in [1.82, 2.24) is 5.32 Å². The Morgan fingerprint density at radius 3 is 3.00 bits per heavy atom. The Hall–Kier alpha value is -0.970. The van der Waals surface area contributed by atoms with E-state index >= 15 is 0 Å². The zero-order chi connectivity index (χ0) is 14.4. The summed E-state index contributed by atoms with van der Waals surface area (Å²) >= 11 is 11.7. The first-order valence-corrected chi connectivity index (χ1v) is 7.37. The molecule has 4 nitrogen and oxygen atoms in total. The van der Waals surface area contributed by atoms with Gasteiger partial charge in [0.2, 0.25) is 0 Å². The maximum atomic E-state index is 11.6. The molecule has 1 unspecified atom stereocenters. The molecule has 110 valence electrons. The molecule has 6 heteroatoms. The summed E-state index contributed by atoms with van der Waals surface area (Å²) in [6, 6.07) is 4.89. The predicted molar refractivity (Wildman–Crippen MR) is 78.6 cm³/mol. The standard InChI is InChI=1S/C14H17Cl2NO3/c15-10-3-4-13(12(16)8-10)20-9-14(18)17-6-5-11-2-1-7-19-11/h3-4,8,11H,1-2,5-7,9H2,(H,17,18). The van der Waals surface area contributed by atoms with Crippen LogP contribution >= 0.6 is 23.2 Å². The highest BCUT2D eigenvalue weighted by Gasteiger charge is 2.15. The first-order valence-electron chi connectivity index (χ1n) is 6.61. The van der Waals surface area contributed by atoms with Crippen LogP contribution in [0.1, 0.15) is 19.3 Å². The van der Waals surface area contributed by atoms with Gasteiger partial charge < -0.3 is 14.8 Å². The second kappa shape index (κ2) is 7.72. The van der Waals surface area contributed by atoms with Gasteiger partial charge in [-0.3, -0.25) is 4.79 Å². The van der Waals surface area contributed by atoms with Crippen LogP contribution in [-0.2, 0) is 9.53 Å². The average Bonchev–Trinajstić information content (AvgIpc) is 2.91. The number of hydrogen-bond donors (Lipinski definition) is 1. The van der Waals surface area contributed by atoms with Crippen LogP contribution in [0.15, 0.2) is 18.2 Å². The number of ether oxygens (including phenoxy) is 2. The first-order chi connectivity index (χ1) is 9.65. The van der Waals surface area contributed by atoms with Gasteiger partial charge in [0, 0.05) is 18.2 Å². The van der Waals surface area contributed by atoms with E-state index in [0.717, 1.165) is 25.9 Å². The Balaban J connectivity index is 1.66. The minimum atomic E-state index is -0.172. The quantitative estimate of drug-likeness (QED) is 0.877. The fourth-order valence-corrected chi connectivity index (χ4v) is 2.49. The van der Waals surface area contributed by atoms with Gasteiger partial charge in [0.05, 0.1) is 11.1 Å². The van der Waals surface area contributed by atoms with Gasteiger partial charge in [-0.15, -0.1) is 0 Å². The van der Waals surface area contributed by atoms with E-state index < -0.39 is 0 Å². The minimum absolute atomic E-state index is 0.0626. The Bertz CT molecular complexity index is 462. The molecule has 0 radical (unpaired) electrons. The summed E-state index contributed by atoms with van der Waals surface area (Å²) in [7, 11) is 0. The van der Waals surface area contributed by atoms with Crippen LogP contribution in [0.2, 0.25) is 10.0 Å². The highest BCUT2D eigenvalue weighted by Crippen LogP contribution is 2.27. The van der Waals surface area contributed by atoms with Crippen molar-refractivity contribution in [3.63, 3.8) is 0 Å². The molecular formula is C14H17Cl2NO3. The molecule has 0 aliphatic carbocycles. The summed E-state index contributed by atoms with van der Waals surface area (Å²) in [5.74, 6) is 0.277. The van der Waals surface area contributed by atoms with Crippen LogP contribution in [0.3, 0.4) is 0 Å². The van der Waals surface area contributed by atoms with E-state index in [1.165, 1.54) is 0 Å². The highest BCUT2D eigenvalue weighted by atomic mass is 35.5. The largest absolute Gasteiger partial charge is 0.482 e. The van der Waals surface area contributed by atoms with Gasteiger partial charge in [-0.25, -0.2) is 0 Å². The van der Waals surface area contributed by atoms with E-state index in [-0.39, 0.29) is 18.6 Å². The number of rotatable bonds is 6. The molecule has 1 atom stereocenters. The fourth-order valence-electron chi connectivity index (χ4n) is 2.03. The molecule has 1 fully saturated rings. The zero-order valence-corrected chi connectivity index (χ0v) is 12.5. The third kappa shape index (κ3) is 4.85. The number of halogens is 2. The van der Waals surface area contributed by atoms with Crippen LogP contribution in [-0.4, -0.2) is 31.8 Å². The lowest BCUT2D eigenvalue weighted by Crippen LogP contribution is -2.31. The molecule has 1 heterocycles. The zero-order valence-electron chi connectivity index (χ0n) is 11.0. The van der Waals surface area contributed by atoms with Crippen molar-refractivity contribution in [3.8, 4) is 5.75 Å². The molecule has 1 aromatic carbocycles. The second-order valence-electron chi connectivity index (χ2n) is 4.64. The topological polar surface area (TPSA) is 47.6 Å². The summed E-state index contributed by atoms with van der Waals surface area (Å²) in [6.07, 6.45) is 3.30. The lowest BCUT2D eigenvalue weighted by Gasteiger charge is -2.11. The molecule has 0 spiro atoms. The number of amides is 1. The van der Waals surface area contributed by atoms with Gasteiger partial charge in [0.15, 0.2) is 6.61 Å². The summed E-state index contributed by atoms with van der Waals surface area (Å²) in [6.45, 7) is 1.37. The number of benzene rings is 1. The van der Waals surface area contributed by atoms with Gasteiger partial charge >= 0.3 is 0 Å². The fraction of sp³-hybridized carbons (Fsp3) is 0.500. The monoisotopic (exact) mass is 317 g/mol. The normalized spacial score (nSPS) is 18.0. The maximum absolute atomic E-state index is 11.6. The molecule has 0 saturated carbocycles. The number of hydrogen-bond acceptors (Lipinski definition) is 3. The number of nitrogens with one attached hydrogen (secondary N) is 1. The molecule has 1 amide bonds. The van der Waals surface area contributed by atoms with Crippen molar-refractivity contribution in [2.45, 2.75) is 25.4 Å². The SMILES string of the molecule is O=C(COc1ccc(Cl)cc1Cl)NCCC1CCCO1. The van der Waals surface area contributed by atoms with Crippen molar-refractivity contribution in [1.29, 1.82) is 0 Å². The van der Waals surface area contributed by atoms with Gasteiger partial charge in [-0.2, -0.15) is 0 Å². The van der Waals surface area contributed by atoms with E-state index in [4.69, 9.17) is 32.7 Å². The molecule has 2 rings (SSSR count). The smallest absolute Gasteiger partial charge is 0.257 e.